The molecule has 0 saturated heterocycles. The lowest BCUT2D eigenvalue weighted by Crippen LogP contribution is -1.93. The standard InChI is InChI=1S/C59H33NOS/c1-2-15-35(16-3-1)57-47-30-29-45-40-20-12-13-25-51(40)62-59(45)54(47)46-28-26-37(33-49(46)60-57)52-41-21-8-10-23-43(41)53(44-24-11-9-22-42(44)52)48-32-36-17-5-7-19-39(36)56-55-38-18-6-4-14-34(38)27-31-50(55)61-58(48)56/h1-33H. The van der Waals surface area contributed by atoms with E-state index in [1.165, 1.54) is 95.9 Å². The van der Waals surface area contributed by atoms with E-state index >= 15 is 0 Å². The molecule has 0 aliphatic carbocycles. The van der Waals surface area contributed by atoms with Crippen molar-refractivity contribution in [3.63, 3.8) is 0 Å². The first-order valence-corrected chi connectivity index (χ1v) is 22.0. The second kappa shape index (κ2) is 12.8. The molecular weight excluding hydrogens is 771 g/mol. The van der Waals surface area contributed by atoms with Crippen molar-refractivity contribution >= 4 is 118 Å². The molecule has 0 fully saturated rings. The molecule has 14 rings (SSSR count). The summed E-state index contributed by atoms with van der Waals surface area (Å²) >= 11 is 1.88. The second-order valence-corrected chi connectivity index (χ2v) is 17.5. The number of pyridine rings is 1. The van der Waals surface area contributed by atoms with E-state index in [2.05, 4.69) is 200 Å². The maximum atomic E-state index is 7.04. The molecule has 3 heterocycles. The molecule has 3 aromatic heterocycles. The van der Waals surface area contributed by atoms with Crippen LogP contribution in [0.25, 0.3) is 140 Å². The Morgan fingerprint density at radius 2 is 0.968 bits per heavy atom. The van der Waals surface area contributed by atoms with Gasteiger partial charge in [0.1, 0.15) is 11.2 Å². The van der Waals surface area contributed by atoms with Gasteiger partial charge in [0.15, 0.2) is 0 Å². The van der Waals surface area contributed by atoms with Gasteiger partial charge in [-0.05, 0) is 78.5 Å². The topological polar surface area (TPSA) is 26.0 Å². The van der Waals surface area contributed by atoms with Gasteiger partial charge in [0.05, 0.1) is 11.2 Å². The third-order valence-corrected chi connectivity index (χ3v) is 14.4. The van der Waals surface area contributed by atoms with Gasteiger partial charge in [-0.25, -0.2) is 4.98 Å². The van der Waals surface area contributed by atoms with Gasteiger partial charge in [-0.1, -0.05) is 176 Å². The highest BCUT2D eigenvalue weighted by Crippen LogP contribution is 2.50. The maximum Gasteiger partial charge on any atom is 0.143 e. The third kappa shape index (κ3) is 4.71. The van der Waals surface area contributed by atoms with Crippen molar-refractivity contribution in [2.45, 2.75) is 0 Å². The SMILES string of the molecule is c1ccc(-c2nc3cc(-c4c5ccccc5c(-c5cc6ccccc6c6c5oc5ccc7ccccc7c56)c5ccccc45)ccc3c3c2ccc2c4ccccc4sc23)cc1. The molecule has 11 aromatic carbocycles. The van der Waals surface area contributed by atoms with Crippen LogP contribution >= 0.6 is 11.3 Å². The Labute approximate surface area is 359 Å². The lowest BCUT2D eigenvalue weighted by atomic mass is 9.84. The Balaban J connectivity index is 1.09. The minimum atomic E-state index is 0.903. The molecule has 0 amide bonds. The fourth-order valence-corrected chi connectivity index (χ4v) is 11.8. The summed E-state index contributed by atoms with van der Waals surface area (Å²) in [4.78, 5) is 5.54. The van der Waals surface area contributed by atoms with Crippen LogP contribution in [0.2, 0.25) is 0 Å². The summed E-state index contributed by atoms with van der Waals surface area (Å²) in [5, 5.41) is 18.1. The molecular formula is C59H33NOS. The Morgan fingerprint density at radius 3 is 1.73 bits per heavy atom. The van der Waals surface area contributed by atoms with E-state index in [0.29, 0.717) is 0 Å². The smallest absolute Gasteiger partial charge is 0.143 e. The molecule has 0 spiro atoms. The second-order valence-electron chi connectivity index (χ2n) is 16.5. The summed E-state index contributed by atoms with van der Waals surface area (Å²) in [6.07, 6.45) is 0. The van der Waals surface area contributed by atoms with Crippen LogP contribution in [0.15, 0.2) is 205 Å². The number of aromatic nitrogens is 1. The maximum absolute atomic E-state index is 7.04. The van der Waals surface area contributed by atoms with E-state index in [1.54, 1.807) is 0 Å². The molecule has 0 aliphatic rings. The van der Waals surface area contributed by atoms with Crippen LogP contribution < -0.4 is 0 Å². The van der Waals surface area contributed by atoms with Crippen LogP contribution in [-0.4, -0.2) is 4.98 Å². The van der Waals surface area contributed by atoms with E-state index in [4.69, 9.17) is 9.40 Å². The van der Waals surface area contributed by atoms with Crippen LogP contribution in [0.1, 0.15) is 0 Å². The van der Waals surface area contributed by atoms with E-state index < -0.39 is 0 Å². The third-order valence-electron chi connectivity index (χ3n) is 13.2. The lowest BCUT2D eigenvalue weighted by molar-refractivity contribution is 0.670. The summed E-state index contributed by atoms with van der Waals surface area (Å²) < 4.78 is 9.65. The fraction of sp³-hybridized carbons (Fsp3) is 0. The number of fused-ring (bicyclic) bond motifs is 16. The Bertz CT molecular complexity index is 4160. The number of nitrogens with zero attached hydrogens (tertiary/aromatic N) is 1. The minimum absolute atomic E-state index is 0.903. The van der Waals surface area contributed by atoms with E-state index in [-0.39, 0.29) is 0 Å². The normalized spacial score (nSPS) is 12.2. The van der Waals surface area contributed by atoms with Gasteiger partial charge >= 0.3 is 0 Å². The summed E-state index contributed by atoms with van der Waals surface area (Å²) in [5.41, 5.74) is 9.57. The molecule has 2 nitrogen and oxygen atoms in total. The number of hydrogen-bond donors (Lipinski definition) is 0. The van der Waals surface area contributed by atoms with Crippen LogP contribution in [0.3, 0.4) is 0 Å². The first kappa shape index (κ1) is 33.9. The number of benzene rings is 11. The largest absolute Gasteiger partial charge is 0.455 e. The number of thiophene rings is 1. The Morgan fingerprint density at radius 1 is 0.371 bits per heavy atom. The highest BCUT2D eigenvalue weighted by atomic mass is 32.1. The van der Waals surface area contributed by atoms with Crippen molar-refractivity contribution in [2.24, 2.45) is 0 Å². The van der Waals surface area contributed by atoms with Crippen molar-refractivity contribution in [3.05, 3.63) is 200 Å². The van der Waals surface area contributed by atoms with Gasteiger partial charge in [-0.15, -0.1) is 11.3 Å². The molecule has 0 N–H and O–H groups in total. The molecule has 0 unspecified atom stereocenters. The van der Waals surface area contributed by atoms with Gasteiger partial charge in [0, 0.05) is 63.8 Å². The molecule has 0 atom stereocenters. The predicted molar refractivity (Wildman–Crippen MR) is 266 cm³/mol. The van der Waals surface area contributed by atoms with Crippen LogP contribution in [-0.2, 0) is 0 Å². The average Bonchev–Trinajstić information content (AvgIpc) is 3.93. The molecule has 0 saturated carbocycles. The highest BCUT2D eigenvalue weighted by molar-refractivity contribution is 7.26. The molecule has 0 bridgehead atoms. The zero-order valence-electron chi connectivity index (χ0n) is 33.3. The lowest BCUT2D eigenvalue weighted by Gasteiger charge is -2.19. The van der Waals surface area contributed by atoms with E-state index in [1.807, 2.05) is 11.3 Å². The summed E-state index contributed by atoms with van der Waals surface area (Å²) in [7, 11) is 0. The molecule has 0 radical (unpaired) electrons. The van der Waals surface area contributed by atoms with Crippen LogP contribution in [0.4, 0.5) is 0 Å². The molecule has 286 valence electrons. The van der Waals surface area contributed by atoms with Gasteiger partial charge in [-0.3, -0.25) is 0 Å². The fourth-order valence-electron chi connectivity index (χ4n) is 10.5. The quantitative estimate of drug-likeness (QED) is 0.131. The Kier molecular flexibility index (Phi) is 7.02. The van der Waals surface area contributed by atoms with E-state index in [0.717, 1.165) is 44.5 Å². The number of rotatable bonds is 3. The van der Waals surface area contributed by atoms with Crippen molar-refractivity contribution in [1.29, 1.82) is 0 Å². The van der Waals surface area contributed by atoms with Crippen molar-refractivity contribution in [3.8, 4) is 33.5 Å². The highest BCUT2D eigenvalue weighted by Gasteiger charge is 2.24. The predicted octanol–water partition coefficient (Wildman–Crippen LogP) is 17.3. The van der Waals surface area contributed by atoms with Gasteiger partial charge in [-0.2, -0.15) is 0 Å². The first-order chi connectivity index (χ1) is 30.8. The first-order valence-electron chi connectivity index (χ1n) is 21.2. The zero-order chi connectivity index (χ0) is 40.5. The van der Waals surface area contributed by atoms with Gasteiger partial charge in [0.2, 0.25) is 0 Å². The average molecular weight is 804 g/mol. The van der Waals surface area contributed by atoms with Crippen molar-refractivity contribution in [2.75, 3.05) is 0 Å². The van der Waals surface area contributed by atoms with Gasteiger partial charge in [0.25, 0.3) is 0 Å². The summed E-state index contributed by atoms with van der Waals surface area (Å²) in [5.74, 6) is 0. The van der Waals surface area contributed by atoms with Gasteiger partial charge < -0.3 is 4.42 Å². The monoisotopic (exact) mass is 803 g/mol. The van der Waals surface area contributed by atoms with Crippen LogP contribution in [0.5, 0.6) is 0 Å². The summed E-state index contributed by atoms with van der Waals surface area (Å²) in [6, 6.07) is 72.9. The molecule has 14 aromatic rings. The zero-order valence-corrected chi connectivity index (χ0v) is 34.1. The minimum Gasteiger partial charge on any atom is -0.455 e. The number of furan rings is 1. The Hall–Kier alpha value is -7.85. The van der Waals surface area contributed by atoms with Crippen molar-refractivity contribution < 1.29 is 4.42 Å². The molecule has 62 heavy (non-hydrogen) atoms. The number of hydrogen-bond acceptors (Lipinski definition) is 3. The van der Waals surface area contributed by atoms with Crippen LogP contribution in [0, 0.1) is 0 Å². The van der Waals surface area contributed by atoms with Crippen molar-refractivity contribution in [1.82, 2.24) is 4.98 Å². The molecule has 0 aliphatic heterocycles. The van der Waals surface area contributed by atoms with E-state index in [9.17, 15) is 0 Å². The molecule has 3 heteroatoms. The summed E-state index contributed by atoms with van der Waals surface area (Å²) in [6.45, 7) is 0.